The van der Waals surface area contributed by atoms with Gasteiger partial charge in [-0.1, -0.05) is 0 Å². The monoisotopic (exact) mass is 457 g/mol. The molecule has 3 heterocycles. The molecule has 1 aromatic carbocycles. The van der Waals surface area contributed by atoms with Crippen LogP contribution in [0.15, 0.2) is 24.3 Å². The predicted molar refractivity (Wildman–Crippen MR) is 121 cm³/mol. The molecular weight excluding hydrogens is 426 g/mol. The number of hydrogen-bond donors (Lipinski definition) is 1. The fourth-order valence-electron chi connectivity index (χ4n) is 4.10. The fourth-order valence-corrected chi connectivity index (χ4v) is 4.10. The Morgan fingerprint density at radius 1 is 1.06 bits per heavy atom. The number of rotatable bonds is 9. The van der Waals surface area contributed by atoms with E-state index >= 15 is 0 Å². The molecule has 0 saturated carbocycles. The molecule has 0 bridgehead atoms. The SMILES string of the molecule is COc1cc(CN2CCn3nc(C(=O)NCCCN4CCOCC4)cc3C2=O)cc(OC)c1. The highest BCUT2D eigenvalue weighted by molar-refractivity contribution is 5.98. The first-order valence-corrected chi connectivity index (χ1v) is 11.2. The molecular formula is C23H31N5O5. The van der Waals surface area contributed by atoms with Crippen molar-refractivity contribution in [2.24, 2.45) is 0 Å². The van der Waals surface area contributed by atoms with Crippen molar-refractivity contribution in [2.75, 3.05) is 60.2 Å². The molecule has 1 saturated heterocycles. The number of nitrogens with one attached hydrogen (secondary N) is 1. The van der Waals surface area contributed by atoms with Crippen molar-refractivity contribution in [3.63, 3.8) is 0 Å². The summed E-state index contributed by atoms with van der Waals surface area (Å²) in [6.45, 7) is 6.35. The Kier molecular flexibility index (Phi) is 7.46. The second kappa shape index (κ2) is 10.7. The van der Waals surface area contributed by atoms with Gasteiger partial charge in [-0.15, -0.1) is 0 Å². The summed E-state index contributed by atoms with van der Waals surface area (Å²) in [6.07, 6.45) is 0.857. The zero-order valence-electron chi connectivity index (χ0n) is 19.2. The highest BCUT2D eigenvalue weighted by atomic mass is 16.5. The van der Waals surface area contributed by atoms with E-state index in [4.69, 9.17) is 14.2 Å². The van der Waals surface area contributed by atoms with Gasteiger partial charge in [0.05, 0.1) is 34.0 Å². The van der Waals surface area contributed by atoms with Gasteiger partial charge in [-0.05, 0) is 30.7 Å². The Morgan fingerprint density at radius 2 is 1.79 bits per heavy atom. The Balaban J connectivity index is 1.33. The molecule has 1 N–H and O–H groups in total. The molecule has 178 valence electrons. The maximum Gasteiger partial charge on any atom is 0.272 e. The summed E-state index contributed by atoms with van der Waals surface area (Å²) in [5.41, 5.74) is 1.61. The Hall–Kier alpha value is -3.11. The van der Waals surface area contributed by atoms with Gasteiger partial charge in [-0.2, -0.15) is 5.10 Å². The molecule has 1 fully saturated rings. The average molecular weight is 458 g/mol. The van der Waals surface area contributed by atoms with Crippen molar-refractivity contribution >= 4 is 11.8 Å². The van der Waals surface area contributed by atoms with Gasteiger partial charge in [-0.3, -0.25) is 19.2 Å². The Labute approximate surface area is 193 Å². The van der Waals surface area contributed by atoms with E-state index in [9.17, 15) is 9.59 Å². The minimum Gasteiger partial charge on any atom is -0.497 e. The molecule has 0 radical (unpaired) electrons. The molecule has 0 aliphatic carbocycles. The number of carbonyl (C=O) groups excluding carboxylic acids is 2. The molecule has 10 heteroatoms. The normalized spacial score (nSPS) is 16.4. The molecule has 10 nitrogen and oxygen atoms in total. The van der Waals surface area contributed by atoms with Gasteiger partial charge in [-0.25, -0.2) is 0 Å². The first kappa shape index (κ1) is 23.1. The van der Waals surface area contributed by atoms with Gasteiger partial charge >= 0.3 is 0 Å². The van der Waals surface area contributed by atoms with Crippen LogP contribution >= 0.6 is 0 Å². The quantitative estimate of drug-likeness (QED) is 0.561. The number of carbonyl (C=O) groups is 2. The van der Waals surface area contributed by atoms with Gasteiger partial charge in [0.15, 0.2) is 5.69 Å². The predicted octanol–water partition coefficient (Wildman–Crippen LogP) is 1.01. The average Bonchev–Trinajstić information content (AvgIpc) is 3.29. The molecule has 2 aliphatic rings. The minimum absolute atomic E-state index is 0.151. The summed E-state index contributed by atoms with van der Waals surface area (Å²) in [7, 11) is 3.19. The molecule has 0 unspecified atom stereocenters. The third-order valence-corrected chi connectivity index (χ3v) is 5.93. The lowest BCUT2D eigenvalue weighted by Gasteiger charge is -2.27. The van der Waals surface area contributed by atoms with E-state index in [1.807, 2.05) is 12.1 Å². The highest BCUT2D eigenvalue weighted by Crippen LogP contribution is 2.25. The van der Waals surface area contributed by atoms with E-state index in [2.05, 4.69) is 15.3 Å². The maximum atomic E-state index is 13.1. The van der Waals surface area contributed by atoms with Crippen molar-refractivity contribution in [1.82, 2.24) is 24.9 Å². The Bertz CT molecular complexity index is 963. The lowest BCUT2D eigenvalue weighted by atomic mass is 10.1. The van der Waals surface area contributed by atoms with E-state index in [0.29, 0.717) is 43.4 Å². The number of benzene rings is 1. The highest BCUT2D eigenvalue weighted by Gasteiger charge is 2.28. The Morgan fingerprint density at radius 3 is 2.48 bits per heavy atom. The van der Waals surface area contributed by atoms with Crippen LogP contribution < -0.4 is 14.8 Å². The number of ether oxygens (including phenoxy) is 3. The van der Waals surface area contributed by atoms with Gasteiger partial charge in [0.2, 0.25) is 0 Å². The topological polar surface area (TPSA) is 98.2 Å². The number of amides is 2. The summed E-state index contributed by atoms with van der Waals surface area (Å²) < 4.78 is 17.6. The van der Waals surface area contributed by atoms with Crippen LogP contribution in [0, 0.1) is 0 Å². The van der Waals surface area contributed by atoms with Crippen molar-refractivity contribution in [3.05, 3.63) is 41.2 Å². The zero-order valence-corrected chi connectivity index (χ0v) is 19.2. The number of nitrogens with zero attached hydrogens (tertiary/aromatic N) is 4. The standard InChI is InChI=1S/C23H31N5O5/c1-31-18-12-17(13-19(14-18)32-2)16-27-6-7-28-21(23(27)30)15-20(25-28)22(29)24-4-3-5-26-8-10-33-11-9-26/h12-15H,3-11,16H2,1-2H3,(H,24,29). The van der Waals surface area contributed by atoms with Gasteiger partial charge in [0, 0.05) is 44.9 Å². The van der Waals surface area contributed by atoms with E-state index in [1.54, 1.807) is 35.9 Å². The van der Waals surface area contributed by atoms with Crippen LogP contribution in [0.4, 0.5) is 0 Å². The molecule has 2 aliphatic heterocycles. The molecule has 0 atom stereocenters. The van der Waals surface area contributed by atoms with Crippen LogP contribution in [-0.2, 0) is 17.8 Å². The number of morpholine rings is 1. The molecule has 2 aromatic rings. The molecule has 4 rings (SSSR count). The first-order valence-electron chi connectivity index (χ1n) is 11.2. The third-order valence-electron chi connectivity index (χ3n) is 5.93. The van der Waals surface area contributed by atoms with Crippen molar-refractivity contribution < 1.29 is 23.8 Å². The second-order valence-corrected chi connectivity index (χ2v) is 8.15. The number of fused-ring (bicyclic) bond motifs is 1. The molecule has 0 spiro atoms. The van der Waals surface area contributed by atoms with Crippen LogP contribution in [0.1, 0.15) is 33.0 Å². The van der Waals surface area contributed by atoms with Crippen molar-refractivity contribution in [2.45, 2.75) is 19.5 Å². The number of hydrogen-bond acceptors (Lipinski definition) is 7. The fraction of sp³-hybridized carbons (Fsp3) is 0.522. The van der Waals surface area contributed by atoms with Crippen LogP contribution in [0.3, 0.4) is 0 Å². The zero-order chi connectivity index (χ0) is 23.2. The first-order chi connectivity index (χ1) is 16.1. The van der Waals surface area contributed by atoms with Crippen molar-refractivity contribution in [1.29, 1.82) is 0 Å². The lowest BCUT2D eigenvalue weighted by Crippen LogP contribution is -2.39. The summed E-state index contributed by atoms with van der Waals surface area (Å²) in [4.78, 5) is 29.7. The molecule has 1 aromatic heterocycles. The summed E-state index contributed by atoms with van der Waals surface area (Å²) in [5.74, 6) is 0.940. The van der Waals surface area contributed by atoms with E-state index in [-0.39, 0.29) is 17.5 Å². The van der Waals surface area contributed by atoms with Crippen LogP contribution in [0.5, 0.6) is 11.5 Å². The van der Waals surface area contributed by atoms with Crippen LogP contribution in [-0.4, -0.2) is 91.6 Å². The van der Waals surface area contributed by atoms with Gasteiger partial charge in [0.25, 0.3) is 11.8 Å². The molecule has 2 amide bonds. The third kappa shape index (κ3) is 5.63. The largest absolute Gasteiger partial charge is 0.497 e. The lowest BCUT2D eigenvalue weighted by molar-refractivity contribution is 0.0374. The van der Waals surface area contributed by atoms with Crippen LogP contribution in [0.2, 0.25) is 0 Å². The van der Waals surface area contributed by atoms with Crippen molar-refractivity contribution in [3.8, 4) is 11.5 Å². The van der Waals surface area contributed by atoms with Gasteiger partial charge in [0.1, 0.15) is 17.2 Å². The maximum absolute atomic E-state index is 13.1. The van der Waals surface area contributed by atoms with Crippen LogP contribution in [0.25, 0.3) is 0 Å². The number of aromatic nitrogens is 2. The van der Waals surface area contributed by atoms with E-state index < -0.39 is 0 Å². The van der Waals surface area contributed by atoms with E-state index in [0.717, 1.165) is 44.8 Å². The minimum atomic E-state index is -0.254. The molecule has 33 heavy (non-hydrogen) atoms. The second-order valence-electron chi connectivity index (χ2n) is 8.15. The summed E-state index contributed by atoms with van der Waals surface area (Å²) >= 11 is 0. The smallest absolute Gasteiger partial charge is 0.272 e. The van der Waals surface area contributed by atoms with E-state index in [1.165, 1.54) is 0 Å². The summed E-state index contributed by atoms with van der Waals surface area (Å²) in [6, 6.07) is 7.15. The van der Waals surface area contributed by atoms with Gasteiger partial charge < -0.3 is 24.4 Å². The summed E-state index contributed by atoms with van der Waals surface area (Å²) in [5, 5.41) is 7.27. The number of methoxy groups -OCH3 is 2.